The van der Waals surface area contributed by atoms with Crippen LogP contribution >= 0.6 is 0 Å². The highest BCUT2D eigenvalue weighted by atomic mass is 32.2. The SMILES string of the molecule is CC(C)S(=O)(=O)NCC(CCc1ccccc1)c1ccc(C(C)(C)C)cc1. The lowest BCUT2D eigenvalue weighted by atomic mass is 9.85. The van der Waals surface area contributed by atoms with Crippen molar-refractivity contribution in [2.75, 3.05) is 6.54 Å². The highest BCUT2D eigenvalue weighted by Crippen LogP contribution is 2.27. The van der Waals surface area contributed by atoms with E-state index in [4.69, 9.17) is 0 Å². The summed E-state index contributed by atoms with van der Waals surface area (Å²) in [6.45, 7) is 10.4. The van der Waals surface area contributed by atoms with Crippen molar-refractivity contribution in [2.24, 2.45) is 0 Å². The number of hydrogen-bond acceptors (Lipinski definition) is 2. The van der Waals surface area contributed by atoms with Crippen LogP contribution in [0.3, 0.4) is 0 Å². The molecular formula is C23H33NO2S. The highest BCUT2D eigenvalue weighted by Gasteiger charge is 2.20. The molecule has 2 aromatic carbocycles. The first-order valence-electron chi connectivity index (χ1n) is 9.72. The minimum atomic E-state index is -3.27. The molecule has 0 aliphatic rings. The second kappa shape index (κ2) is 9.03. The van der Waals surface area contributed by atoms with Gasteiger partial charge in [-0.25, -0.2) is 13.1 Å². The smallest absolute Gasteiger partial charge is 0.213 e. The second-order valence-electron chi connectivity index (χ2n) is 8.54. The molecule has 0 aliphatic heterocycles. The maximum absolute atomic E-state index is 12.2. The zero-order valence-electron chi connectivity index (χ0n) is 17.2. The standard InChI is InChI=1S/C23H33NO2S/c1-18(2)27(25,26)24-17-21(12-11-19-9-7-6-8-10-19)20-13-15-22(16-14-20)23(3,4)5/h6-10,13-16,18,21,24H,11-12,17H2,1-5H3. The summed E-state index contributed by atoms with van der Waals surface area (Å²) in [4.78, 5) is 0. The molecule has 148 valence electrons. The molecule has 0 aliphatic carbocycles. The average Bonchev–Trinajstić information content (AvgIpc) is 2.62. The van der Waals surface area contributed by atoms with Gasteiger partial charge in [-0.3, -0.25) is 0 Å². The van der Waals surface area contributed by atoms with Crippen molar-refractivity contribution in [1.29, 1.82) is 0 Å². The molecule has 3 nitrogen and oxygen atoms in total. The zero-order chi connectivity index (χ0) is 20.1. The zero-order valence-corrected chi connectivity index (χ0v) is 18.0. The van der Waals surface area contributed by atoms with Crippen LogP contribution in [0.25, 0.3) is 0 Å². The van der Waals surface area contributed by atoms with Gasteiger partial charge in [-0.1, -0.05) is 75.4 Å². The van der Waals surface area contributed by atoms with E-state index in [1.807, 2.05) is 18.2 Å². The minimum Gasteiger partial charge on any atom is -0.214 e. The third-order valence-electron chi connectivity index (χ3n) is 5.02. The Morgan fingerprint density at radius 3 is 2.04 bits per heavy atom. The van der Waals surface area contributed by atoms with Crippen LogP contribution in [0.5, 0.6) is 0 Å². The van der Waals surface area contributed by atoms with Gasteiger partial charge in [0.05, 0.1) is 5.25 Å². The molecule has 0 heterocycles. The van der Waals surface area contributed by atoms with Gasteiger partial charge in [0, 0.05) is 6.54 Å². The van der Waals surface area contributed by atoms with Gasteiger partial charge in [-0.2, -0.15) is 0 Å². The Kier molecular flexibility index (Phi) is 7.24. The largest absolute Gasteiger partial charge is 0.214 e. The van der Waals surface area contributed by atoms with Gasteiger partial charge in [0.25, 0.3) is 0 Å². The summed E-state index contributed by atoms with van der Waals surface area (Å²) in [7, 11) is -3.27. The first-order valence-corrected chi connectivity index (χ1v) is 11.3. The molecule has 0 radical (unpaired) electrons. The highest BCUT2D eigenvalue weighted by molar-refractivity contribution is 7.90. The molecule has 1 unspecified atom stereocenters. The number of hydrogen-bond donors (Lipinski definition) is 1. The Bertz CT molecular complexity index is 804. The van der Waals surface area contributed by atoms with Gasteiger partial charge in [0.1, 0.15) is 0 Å². The Morgan fingerprint density at radius 2 is 1.52 bits per heavy atom. The summed E-state index contributed by atoms with van der Waals surface area (Å²) in [5.41, 5.74) is 3.86. The van der Waals surface area contributed by atoms with E-state index in [0.717, 1.165) is 12.8 Å². The molecule has 0 aromatic heterocycles. The van der Waals surface area contributed by atoms with Gasteiger partial charge in [0.15, 0.2) is 0 Å². The third-order valence-corrected chi connectivity index (χ3v) is 6.83. The first kappa shape index (κ1) is 21.6. The molecule has 4 heteroatoms. The van der Waals surface area contributed by atoms with Crippen LogP contribution in [0.1, 0.15) is 63.6 Å². The van der Waals surface area contributed by atoms with Crippen LogP contribution in [0, 0.1) is 0 Å². The van der Waals surface area contributed by atoms with Gasteiger partial charge in [-0.05, 0) is 54.7 Å². The molecule has 0 saturated carbocycles. The van der Waals surface area contributed by atoms with Crippen molar-refractivity contribution >= 4 is 10.0 Å². The van der Waals surface area contributed by atoms with Crippen molar-refractivity contribution < 1.29 is 8.42 Å². The monoisotopic (exact) mass is 387 g/mol. The summed E-state index contributed by atoms with van der Waals surface area (Å²) < 4.78 is 27.2. The molecule has 27 heavy (non-hydrogen) atoms. The Morgan fingerprint density at radius 1 is 0.926 bits per heavy atom. The molecule has 2 rings (SSSR count). The fraction of sp³-hybridized carbons (Fsp3) is 0.478. The summed E-state index contributed by atoms with van der Waals surface area (Å²) in [6, 6.07) is 19.0. The number of sulfonamides is 1. The van der Waals surface area contributed by atoms with E-state index < -0.39 is 15.3 Å². The molecule has 0 bridgehead atoms. The van der Waals surface area contributed by atoms with Crippen molar-refractivity contribution in [3.8, 4) is 0 Å². The molecule has 0 spiro atoms. The summed E-state index contributed by atoms with van der Waals surface area (Å²) >= 11 is 0. The summed E-state index contributed by atoms with van der Waals surface area (Å²) in [5.74, 6) is 0.146. The third kappa shape index (κ3) is 6.47. The van der Waals surface area contributed by atoms with Crippen molar-refractivity contribution in [2.45, 2.75) is 64.0 Å². The van der Waals surface area contributed by atoms with Gasteiger partial charge in [0.2, 0.25) is 10.0 Å². The number of benzene rings is 2. The van der Waals surface area contributed by atoms with E-state index in [2.05, 4.69) is 61.9 Å². The Balaban J connectivity index is 2.17. The van der Waals surface area contributed by atoms with Gasteiger partial charge >= 0.3 is 0 Å². The van der Waals surface area contributed by atoms with E-state index in [-0.39, 0.29) is 11.3 Å². The van der Waals surface area contributed by atoms with Crippen molar-refractivity contribution in [3.63, 3.8) is 0 Å². The fourth-order valence-corrected chi connectivity index (χ4v) is 3.78. The lowest BCUT2D eigenvalue weighted by molar-refractivity contribution is 0.551. The molecule has 1 N–H and O–H groups in total. The molecule has 1 atom stereocenters. The lowest BCUT2D eigenvalue weighted by Gasteiger charge is -2.22. The van der Waals surface area contributed by atoms with E-state index in [1.54, 1.807) is 13.8 Å². The Hall–Kier alpha value is -1.65. The maximum Gasteiger partial charge on any atom is 0.213 e. The van der Waals surface area contributed by atoms with Crippen LogP contribution in [0.2, 0.25) is 0 Å². The van der Waals surface area contributed by atoms with Crippen LogP contribution in [-0.2, 0) is 21.9 Å². The number of rotatable bonds is 8. The molecule has 0 saturated heterocycles. The number of aryl methyl sites for hydroxylation is 1. The van der Waals surface area contributed by atoms with Crippen molar-refractivity contribution in [1.82, 2.24) is 4.72 Å². The van der Waals surface area contributed by atoms with E-state index in [1.165, 1.54) is 16.7 Å². The molecule has 2 aromatic rings. The molecule has 0 fully saturated rings. The lowest BCUT2D eigenvalue weighted by Crippen LogP contribution is -2.34. The first-order chi connectivity index (χ1) is 12.6. The molecule has 0 amide bonds. The van der Waals surface area contributed by atoms with Crippen LogP contribution in [0.15, 0.2) is 54.6 Å². The predicted molar refractivity (Wildman–Crippen MR) is 115 cm³/mol. The quantitative estimate of drug-likeness (QED) is 0.690. The number of nitrogens with one attached hydrogen (secondary N) is 1. The normalized spacial score (nSPS) is 13.7. The van der Waals surface area contributed by atoms with E-state index in [9.17, 15) is 8.42 Å². The summed E-state index contributed by atoms with van der Waals surface area (Å²) in [6.07, 6.45) is 1.83. The van der Waals surface area contributed by atoms with E-state index in [0.29, 0.717) is 6.54 Å². The summed E-state index contributed by atoms with van der Waals surface area (Å²) in [5, 5.41) is -0.421. The van der Waals surface area contributed by atoms with Crippen molar-refractivity contribution in [3.05, 3.63) is 71.3 Å². The van der Waals surface area contributed by atoms with Crippen LogP contribution < -0.4 is 4.72 Å². The Labute approximate surface area is 165 Å². The minimum absolute atomic E-state index is 0.108. The van der Waals surface area contributed by atoms with Gasteiger partial charge in [-0.15, -0.1) is 0 Å². The fourth-order valence-electron chi connectivity index (χ4n) is 3.01. The maximum atomic E-state index is 12.2. The van der Waals surface area contributed by atoms with Crippen LogP contribution in [0.4, 0.5) is 0 Å². The topological polar surface area (TPSA) is 46.2 Å². The predicted octanol–water partition coefficient (Wildman–Crippen LogP) is 5.03. The average molecular weight is 388 g/mol. The molecular weight excluding hydrogens is 354 g/mol. The van der Waals surface area contributed by atoms with E-state index >= 15 is 0 Å². The second-order valence-corrected chi connectivity index (χ2v) is 10.9. The van der Waals surface area contributed by atoms with Crippen LogP contribution in [-0.4, -0.2) is 20.2 Å². The van der Waals surface area contributed by atoms with Gasteiger partial charge < -0.3 is 0 Å².